The Morgan fingerprint density at radius 3 is 2.77 bits per heavy atom. The molecule has 3 aromatic heterocycles. The van der Waals surface area contributed by atoms with E-state index in [-0.39, 0.29) is 5.69 Å². The third-order valence-electron chi connectivity index (χ3n) is 3.27. The second kappa shape index (κ2) is 5.04. The van der Waals surface area contributed by atoms with Gasteiger partial charge in [0.2, 0.25) is 5.13 Å². The van der Waals surface area contributed by atoms with Gasteiger partial charge < -0.3 is 5.11 Å². The summed E-state index contributed by atoms with van der Waals surface area (Å²) in [5.74, 6) is -1.03. The van der Waals surface area contributed by atoms with Crippen LogP contribution in [0.5, 0.6) is 0 Å². The summed E-state index contributed by atoms with van der Waals surface area (Å²) < 4.78 is 1.71. The third-order valence-corrected chi connectivity index (χ3v) is 4.77. The van der Waals surface area contributed by atoms with Crippen LogP contribution in [0, 0.1) is 0 Å². The van der Waals surface area contributed by atoms with Gasteiger partial charge in [0.1, 0.15) is 5.69 Å². The minimum atomic E-state index is -1.03. The van der Waals surface area contributed by atoms with Crippen molar-refractivity contribution in [2.75, 3.05) is 0 Å². The number of thiophene rings is 1. The number of benzene rings is 1. The lowest BCUT2D eigenvalue weighted by Gasteiger charge is -1.96. The summed E-state index contributed by atoms with van der Waals surface area (Å²) in [5, 5.41) is 20.8. The van der Waals surface area contributed by atoms with Crippen molar-refractivity contribution in [2.45, 2.75) is 0 Å². The van der Waals surface area contributed by atoms with Crippen LogP contribution in [0.1, 0.15) is 10.5 Å². The van der Waals surface area contributed by atoms with Gasteiger partial charge in [-0.25, -0.2) is 14.5 Å². The Labute approximate surface area is 133 Å². The molecule has 4 rings (SSSR count). The molecule has 0 saturated heterocycles. The second-order valence-electron chi connectivity index (χ2n) is 4.61. The normalized spacial score (nSPS) is 11.1. The average molecular weight is 327 g/mol. The monoisotopic (exact) mass is 327 g/mol. The average Bonchev–Trinajstić information content (AvgIpc) is 3.25. The number of rotatable bonds is 3. The molecule has 0 aliphatic carbocycles. The second-order valence-corrected chi connectivity index (χ2v) is 6.23. The predicted molar refractivity (Wildman–Crippen MR) is 87.0 cm³/mol. The first-order valence-electron chi connectivity index (χ1n) is 6.43. The number of aromatic carboxylic acids is 1. The van der Waals surface area contributed by atoms with Crippen LogP contribution in [-0.4, -0.2) is 25.8 Å². The maximum absolute atomic E-state index is 11.0. The molecule has 4 aromatic rings. The maximum Gasteiger partial charge on any atom is 0.355 e. The predicted octanol–water partition coefficient (Wildman–Crippen LogP) is 3.91. The van der Waals surface area contributed by atoms with Gasteiger partial charge in [0, 0.05) is 21.7 Å². The van der Waals surface area contributed by atoms with Gasteiger partial charge >= 0.3 is 5.97 Å². The zero-order chi connectivity index (χ0) is 15.1. The molecule has 5 nitrogen and oxygen atoms in total. The van der Waals surface area contributed by atoms with Crippen molar-refractivity contribution in [3.63, 3.8) is 0 Å². The molecule has 0 fully saturated rings. The van der Waals surface area contributed by atoms with Gasteiger partial charge in [0.05, 0.1) is 5.52 Å². The minimum absolute atomic E-state index is 0.0386. The van der Waals surface area contributed by atoms with E-state index < -0.39 is 5.97 Å². The number of nitrogens with zero attached hydrogens (tertiary/aromatic N) is 3. The summed E-state index contributed by atoms with van der Waals surface area (Å²) in [6, 6.07) is 9.89. The fraction of sp³-hybridized carbons (Fsp3) is 0. The SMILES string of the molecule is O=C(O)c1csc(-n2nc(-c3ccsc3)c3ccccc32)n1. The summed E-state index contributed by atoms with van der Waals surface area (Å²) in [4.78, 5) is 15.2. The molecule has 0 spiro atoms. The van der Waals surface area contributed by atoms with Crippen molar-refractivity contribution in [3.8, 4) is 16.4 Å². The van der Waals surface area contributed by atoms with Gasteiger partial charge in [0.25, 0.3) is 0 Å². The Kier molecular flexibility index (Phi) is 3.02. The van der Waals surface area contributed by atoms with Crippen LogP contribution in [0.2, 0.25) is 0 Å². The molecule has 22 heavy (non-hydrogen) atoms. The zero-order valence-electron chi connectivity index (χ0n) is 11.1. The number of hydrogen-bond donors (Lipinski definition) is 1. The van der Waals surface area contributed by atoms with Crippen LogP contribution in [0.15, 0.2) is 46.5 Å². The highest BCUT2D eigenvalue weighted by Crippen LogP contribution is 2.31. The Balaban J connectivity index is 1.96. The van der Waals surface area contributed by atoms with E-state index >= 15 is 0 Å². The first kappa shape index (κ1) is 13.2. The molecule has 0 aliphatic rings. The molecule has 0 aliphatic heterocycles. The molecule has 108 valence electrons. The standard InChI is InChI=1S/C15H9N3O2S2/c19-14(20)11-8-22-15(16-11)18-12-4-2-1-3-10(12)13(17-18)9-5-6-21-7-9/h1-8H,(H,19,20). The molecule has 1 N–H and O–H groups in total. The van der Waals surface area contributed by atoms with Gasteiger partial charge in [0.15, 0.2) is 5.69 Å². The van der Waals surface area contributed by atoms with Crippen molar-refractivity contribution < 1.29 is 9.90 Å². The molecule has 0 atom stereocenters. The van der Waals surface area contributed by atoms with Crippen LogP contribution in [0.3, 0.4) is 0 Å². The largest absolute Gasteiger partial charge is 0.476 e. The van der Waals surface area contributed by atoms with E-state index in [4.69, 9.17) is 5.11 Å². The highest BCUT2D eigenvalue weighted by atomic mass is 32.1. The van der Waals surface area contributed by atoms with Gasteiger partial charge in [-0.1, -0.05) is 18.2 Å². The van der Waals surface area contributed by atoms with E-state index in [0.29, 0.717) is 5.13 Å². The Morgan fingerprint density at radius 2 is 2.05 bits per heavy atom. The number of carboxylic acid groups (broad SMARTS) is 1. The summed E-state index contributed by atoms with van der Waals surface area (Å²) >= 11 is 2.88. The molecule has 1 aromatic carbocycles. The van der Waals surface area contributed by atoms with Crippen LogP contribution in [0.4, 0.5) is 0 Å². The first-order valence-corrected chi connectivity index (χ1v) is 8.26. The Hall–Kier alpha value is -2.51. The van der Waals surface area contributed by atoms with Crippen LogP contribution < -0.4 is 0 Å². The fourth-order valence-corrected chi connectivity index (χ4v) is 3.69. The van der Waals surface area contributed by atoms with Gasteiger partial charge in [-0.05, 0) is 17.5 Å². The summed E-state index contributed by atoms with van der Waals surface area (Å²) in [5.41, 5.74) is 2.88. The zero-order valence-corrected chi connectivity index (χ0v) is 12.8. The lowest BCUT2D eigenvalue weighted by molar-refractivity contribution is 0.0691. The number of carbonyl (C=O) groups is 1. The Bertz CT molecular complexity index is 970. The molecule has 7 heteroatoms. The summed E-state index contributed by atoms with van der Waals surface area (Å²) in [7, 11) is 0. The molecule has 0 saturated carbocycles. The van der Waals surface area contributed by atoms with Gasteiger partial charge in [-0.2, -0.15) is 16.4 Å². The van der Waals surface area contributed by atoms with E-state index in [1.165, 1.54) is 16.7 Å². The van der Waals surface area contributed by atoms with Crippen molar-refractivity contribution >= 4 is 39.5 Å². The number of aromatic nitrogens is 3. The van der Waals surface area contributed by atoms with E-state index in [2.05, 4.69) is 10.1 Å². The molecule has 3 heterocycles. The van der Waals surface area contributed by atoms with Crippen LogP contribution >= 0.6 is 22.7 Å². The van der Waals surface area contributed by atoms with E-state index in [1.54, 1.807) is 16.0 Å². The van der Waals surface area contributed by atoms with Crippen LogP contribution in [0.25, 0.3) is 27.3 Å². The smallest absolute Gasteiger partial charge is 0.355 e. The highest BCUT2D eigenvalue weighted by molar-refractivity contribution is 7.12. The lowest BCUT2D eigenvalue weighted by atomic mass is 10.1. The molecule has 0 amide bonds. The van der Waals surface area contributed by atoms with Crippen molar-refractivity contribution in [1.29, 1.82) is 0 Å². The van der Waals surface area contributed by atoms with Gasteiger partial charge in [-0.15, -0.1) is 11.3 Å². The fourth-order valence-electron chi connectivity index (χ4n) is 2.28. The quantitative estimate of drug-likeness (QED) is 0.619. The number of fused-ring (bicyclic) bond motifs is 1. The third kappa shape index (κ3) is 2.02. The highest BCUT2D eigenvalue weighted by Gasteiger charge is 2.17. The minimum Gasteiger partial charge on any atom is -0.476 e. The Morgan fingerprint density at radius 1 is 1.18 bits per heavy atom. The van der Waals surface area contributed by atoms with Crippen molar-refractivity contribution in [1.82, 2.24) is 14.8 Å². The number of hydrogen-bond acceptors (Lipinski definition) is 5. The number of carboxylic acids is 1. The maximum atomic E-state index is 11.0. The first-order chi connectivity index (χ1) is 10.7. The van der Waals surface area contributed by atoms with E-state index in [1.807, 2.05) is 41.1 Å². The van der Waals surface area contributed by atoms with Gasteiger partial charge in [-0.3, -0.25) is 0 Å². The lowest BCUT2D eigenvalue weighted by Crippen LogP contribution is -2.00. The van der Waals surface area contributed by atoms with Crippen LogP contribution in [-0.2, 0) is 0 Å². The molecule has 0 radical (unpaired) electrons. The number of thiazole rings is 1. The number of para-hydroxylation sites is 1. The topological polar surface area (TPSA) is 68.0 Å². The summed E-state index contributed by atoms with van der Waals surface area (Å²) in [6.07, 6.45) is 0. The van der Waals surface area contributed by atoms with E-state index in [9.17, 15) is 4.79 Å². The molecular weight excluding hydrogens is 318 g/mol. The molecule has 0 unspecified atom stereocenters. The van der Waals surface area contributed by atoms with Crippen molar-refractivity contribution in [3.05, 3.63) is 52.2 Å². The van der Waals surface area contributed by atoms with Crippen molar-refractivity contribution in [2.24, 2.45) is 0 Å². The summed E-state index contributed by atoms with van der Waals surface area (Å²) in [6.45, 7) is 0. The molecular formula is C15H9N3O2S2. The molecule has 0 bridgehead atoms. The van der Waals surface area contributed by atoms with E-state index in [0.717, 1.165) is 22.2 Å².